The standard InChI is InChI=1S/C21H30ClN3O4/c1-21(2,3)29-20(28)24-14-19(27)25-10-8-16(9-11-25)13-23-18(26)12-15-4-6-17(22)7-5-15/h4-7,16H,8-14H2,1-3H3,(H,23,26)(H,24,28). The highest BCUT2D eigenvalue weighted by molar-refractivity contribution is 6.30. The lowest BCUT2D eigenvalue weighted by molar-refractivity contribution is -0.131. The van der Waals surface area contributed by atoms with Crippen LogP contribution in [-0.2, 0) is 20.7 Å². The largest absolute Gasteiger partial charge is 0.444 e. The molecule has 1 aliphatic rings. The van der Waals surface area contributed by atoms with Crippen LogP contribution in [0.4, 0.5) is 4.79 Å². The van der Waals surface area contributed by atoms with Crippen molar-refractivity contribution in [1.29, 1.82) is 0 Å². The van der Waals surface area contributed by atoms with Crippen molar-refractivity contribution in [2.24, 2.45) is 5.92 Å². The van der Waals surface area contributed by atoms with Crippen LogP contribution in [0.25, 0.3) is 0 Å². The summed E-state index contributed by atoms with van der Waals surface area (Å²) in [5.74, 6) is 0.195. The Morgan fingerprint density at radius 2 is 1.72 bits per heavy atom. The summed E-state index contributed by atoms with van der Waals surface area (Å²) < 4.78 is 5.13. The first-order valence-corrected chi connectivity index (χ1v) is 10.3. The van der Waals surface area contributed by atoms with Gasteiger partial charge in [-0.2, -0.15) is 0 Å². The third-order valence-corrected chi connectivity index (χ3v) is 4.87. The van der Waals surface area contributed by atoms with E-state index in [0.29, 0.717) is 37.0 Å². The Morgan fingerprint density at radius 3 is 2.31 bits per heavy atom. The van der Waals surface area contributed by atoms with Crippen LogP contribution in [0.15, 0.2) is 24.3 Å². The number of hydrogen-bond acceptors (Lipinski definition) is 4. The van der Waals surface area contributed by atoms with Crippen molar-refractivity contribution in [3.05, 3.63) is 34.9 Å². The summed E-state index contributed by atoms with van der Waals surface area (Å²) in [5.41, 5.74) is 0.327. The van der Waals surface area contributed by atoms with Gasteiger partial charge in [0, 0.05) is 24.7 Å². The van der Waals surface area contributed by atoms with Gasteiger partial charge in [-0.05, 0) is 57.2 Å². The van der Waals surface area contributed by atoms with Crippen molar-refractivity contribution in [2.75, 3.05) is 26.2 Å². The van der Waals surface area contributed by atoms with E-state index in [0.717, 1.165) is 18.4 Å². The van der Waals surface area contributed by atoms with E-state index in [2.05, 4.69) is 10.6 Å². The average molecular weight is 424 g/mol. The molecule has 1 aromatic rings. The molecule has 1 aromatic carbocycles. The fraction of sp³-hybridized carbons (Fsp3) is 0.571. The Hall–Kier alpha value is -2.28. The van der Waals surface area contributed by atoms with Gasteiger partial charge in [-0.3, -0.25) is 9.59 Å². The maximum Gasteiger partial charge on any atom is 0.408 e. The van der Waals surface area contributed by atoms with Gasteiger partial charge < -0.3 is 20.3 Å². The van der Waals surface area contributed by atoms with E-state index in [4.69, 9.17) is 16.3 Å². The molecule has 7 nitrogen and oxygen atoms in total. The quantitative estimate of drug-likeness (QED) is 0.736. The second kappa shape index (κ2) is 10.5. The molecule has 3 amide bonds. The van der Waals surface area contributed by atoms with Gasteiger partial charge in [0.15, 0.2) is 0 Å². The Morgan fingerprint density at radius 1 is 1.10 bits per heavy atom. The molecule has 2 rings (SSSR count). The van der Waals surface area contributed by atoms with Gasteiger partial charge in [-0.1, -0.05) is 23.7 Å². The van der Waals surface area contributed by atoms with Crippen LogP contribution in [0.5, 0.6) is 0 Å². The van der Waals surface area contributed by atoms with E-state index in [1.165, 1.54) is 0 Å². The van der Waals surface area contributed by atoms with Crippen LogP contribution in [0.3, 0.4) is 0 Å². The number of hydrogen-bond donors (Lipinski definition) is 2. The zero-order valence-electron chi connectivity index (χ0n) is 17.3. The zero-order valence-corrected chi connectivity index (χ0v) is 18.1. The SMILES string of the molecule is CC(C)(C)OC(=O)NCC(=O)N1CCC(CNC(=O)Cc2ccc(Cl)cc2)CC1. The van der Waals surface area contributed by atoms with Crippen molar-refractivity contribution in [1.82, 2.24) is 15.5 Å². The van der Waals surface area contributed by atoms with Crippen LogP contribution in [0.1, 0.15) is 39.2 Å². The average Bonchev–Trinajstić information content (AvgIpc) is 2.65. The molecule has 0 saturated carbocycles. The number of rotatable bonds is 6. The first kappa shape index (κ1) is 23.0. The molecule has 2 N–H and O–H groups in total. The number of carbonyl (C=O) groups is 3. The molecule has 0 aliphatic carbocycles. The number of ether oxygens (including phenoxy) is 1. The molecular weight excluding hydrogens is 394 g/mol. The molecule has 8 heteroatoms. The van der Waals surface area contributed by atoms with Crippen molar-refractivity contribution < 1.29 is 19.1 Å². The smallest absolute Gasteiger partial charge is 0.408 e. The second-order valence-electron chi connectivity index (χ2n) is 8.29. The Balaban J connectivity index is 1.64. The molecule has 1 fully saturated rings. The van der Waals surface area contributed by atoms with Gasteiger partial charge in [0.1, 0.15) is 12.1 Å². The summed E-state index contributed by atoms with van der Waals surface area (Å²) in [4.78, 5) is 37.7. The minimum absolute atomic E-state index is 0.0209. The van der Waals surface area contributed by atoms with E-state index in [-0.39, 0.29) is 18.4 Å². The zero-order chi connectivity index (χ0) is 21.4. The normalized spacial score (nSPS) is 15.0. The van der Waals surface area contributed by atoms with Gasteiger partial charge in [-0.25, -0.2) is 4.79 Å². The molecule has 1 heterocycles. The highest BCUT2D eigenvalue weighted by Gasteiger charge is 2.24. The summed E-state index contributed by atoms with van der Waals surface area (Å²) in [6.07, 6.45) is 1.37. The number of likely N-dealkylation sites (tertiary alicyclic amines) is 1. The monoisotopic (exact) mass is 423 g/mol. The molecule has 160 valence electrons. The van der Waals surface area contributed by atoms with Gasteiger partial charge in [0.25, 0.3) is 0 Å². The van der Waals surface area contributed by atoms with E-state index in [9.17, 15) is 14.4 Å². The maximum absolute atomic E-state index is 12.2. The minimum Gasteiger partial charge on any atom is -0.444 e. The lowest BCUT2D eigenvalue weighted by Gasteiger charge is -2.32. The van der Waals surface area contributed by atoms with Crippen molar-refractivity contribution in [3.8, 4) is 0 Å². The van der Waals surface area contributed by atoms with E-state index >= 15 is 0 Å². The van der Waals surface area contributed by atoms with E-state index in [1.54, 1.807) is 37.8 Å². The number of benzene rings is 1. The maximum atomic E-state index is 12.2. The summed E-state index contributed by atoms with van der Waals surface area (Å²) in [6, 6.07) is 7.23. The molecule has 29 heavy (non-hydrogen) atoms. The number of halogens is 1. The molecule has 1 saturated heterocycles. The molecule has 0 unspecified atom stereocenters. The predicted octanol–water partition coefficient (Wildman–Crippen LogP) is 2.76. The minimum atomic E-state index is -0.594. The summed E-state index contributed by atoms with van der Waals surface area (Å²) >= 11 is 5.85. The molecule has 1 aliphatic heterocycles. The van der Waals surface area contributed by atoms with Gasteiger partial charge >= 0.3 is 6.09 Å². The fourth-order valence-corrected chi connectivity index (χ4v) is 3.19. The van der Waals surface area contributed by atoms with Crippen LogP contribution in [-0.4, -0.2) is 54.6 Å². The molecule has 0 bridgehead atoms. The van der Waals surface area contributed by atoms with Gasteiger partial charge in [0.2, 0.25) is 11.8 Å². The highest BCUT2D eigenvalue weighted by Crippen LogP contribution is 2.17. The van der Waals surface area contributed by atoms with Gasteiger partial charge in [-0.15, -0.1) is 0 Å². The summed E-state index contributed by atoms with van der Waals surface area (Å²) in [7, 11) is 0. The topological polar surface area (TPSA) is 87.7 Å². The second-order valence-corrected chi connectivity index (χ2v) is 8.72. The predicted molar refractivity (Wildman–Crippen MR) is 112 cm³/mol. The van der Waals surface area contributed by atoms with E-state index in [1.807, 2.05) is 12.1 Å². The molecule has 0 atom stereocenters. The molecule has 0 radical (unpaired) electrons. The van der Waals surface area contributed by atoms with Crippen molar-refractivity contribution in [3.63, 3.8) is 0 Å². The van der Waals surface area contributed by atoms with E-state index < -0.39 is 11.7 Å². The van der Waals surface area contributed by atoms with Gasteiger partial charge in [0.05, 0.1) is 6.42 Å². The Kier molecular flexibility index (Phi) is 8.32. The lowest BCUT2D eigenvalue weighted by Crippen LogP contribution is -2.46. The molecule has 0 aromatic heterocycles. The van der Waals surface area contributed by atoms with Crippen molar-refractivity contribution in [2.45, 2.75) is 45.6 Å². The molecule has 0 spiro atoms. The van der Waals surface area contributed by atoms with Crippen LogP contribution in [0, 0.1) is 5.92 Å². The van der Waals surface area contributed by atoms with Crippen molar-refractivity contribution >= 4 is 29.5 Å². The first-order valence-electron chi connectivity index (χ1n) is 9.88. The Labute approximate surface area is 177 Å². The fourth-order valence-electron chi connectivity index (χ4n) is 3.07. The number of alkyl carbamates (subject to hydrolysis) is 1. The van der Waals surface area contributed by atoms with Crippen LogP contribution < -0.4 is 10.6 Å². The number of nitrogens with one attached hydrogen (secondary N) is 2. The lowest BCUT2D eigenvalue weighted by atomic mass is 9.96. The summed E-state index contributed by atoms with van der Waals surface area (Å²) in [5, 5.41) is 6.12. The highest BCUT2D eigenvalue weighted by atomic mass is 35.5. The Bertz CT molecular complexity index is 708. The molecular formula is C21H30ClN3O4. The summed E-state index contributed by atoms with van der Waals surface area (Å²) in [6.45, 7) is 7.08. The number of nitrogens with zero attached hydrogens (tertiary/aromatic N) is 1. The number of carbonyl (C=O) groups excluding carboxylic acids is 3. The first-order chi connectivity index (χ1) is 13.6. The van der Waals surface area contributed by atoms with Crippen LogP contribution >= 0.6 is 11.6 Å². The number of amides is 3. The number of piperidine rings is 1. The third kappa shape index (κ3) is 8.73. The van der Waals surface area contributed by atoms with Crippen LogP contribution in [0.2, 0.25) is 5.02 Å². The third-order valence-electron chi connectivity index (χ3n) is 4.62.